The Morgan fingerprint density at radius 1 is 1.19 bits per heavy atom. The lowest BCUT2D eigenvalue weighted by Gasteiger charge is -2.08. The first-order valence-corrected chi connectivity index (χ1v) is 9.89. The summed E-state index contributed by atoms with van der Waals surface area (Å²) in [4.78, 5) is 4.18. The van der Waals surface area contributed by atoms with Gasteiger partial charge in [0.15, 0.2) is 15.8 Å². The molecular formula is C18H21FIN3O2S. The molecule has 0 heterocycles. The number of sulfone groups is 1. The van der Waals surface area contributed by atoms with Gasteiger partial charge < -0.3 is 11.1 Å². The van der Waals surface area contributed by atoms with Crippen LogP contribution < -0.4 is 11.1 Å². The third-order valence-electron chi connectivity index (χ3n) is 4.24. The zero-order valence-corrected chi connectivity index (χ0v) is 17.5. The van der Waals surface area contributed by atoms with E-state index in [2.05, 4.69) is 22.4 Å². The Labute approximate surface area is 169 Å². The number of aryl methyl sites for hydroxylation is 2. The zero-order chi connectivity index (χ0) is 18.0. The number of anilines is 1. The number of aliphatic imine (C=N–C) groups is 1. The van der Waals surface area contributed by atoms with Crippen LogP contribution in [0.3, 0.4) is 0 Å². The molecule has 5 nitrogen and oxygen atoms in total. The molecule has 0 bridgehead atoms. The van der Waals surface area contributed by atoms with E-state index >= 15 is 0 Å². The van der Waals surface area contributed by atoms with Gasteiger partial charge in [0.05, 0.1) is 11.4 Å². The first-order valence-electron chi connectivity index (χ1n) is 8.00. The molecule has 0 saturated carbocycles. The third-order valence-corrected chi connectivity index (χ3v) is 5.35. The van der Waals surface area contributed by atoms with Crippen LogP contribution in [0.4, 0.5) is 10.1 Å². The van der Waals surface area contributed by atoms with Crippen molar-refractivity contribution in [3.05, 3.63) is 58.9 Å². The monoisotopic (exact) mass is 489 g/mol. The smallest absolute Gasteiger partial charge is 0.193 e. The standard InChI is InChI=1S/C18H20FN3O2S.HI/c1-25(23,24)16-7-8-17(19)14(10-16)11-21-18(20)22-15-6-5-12-3-2-4-13(12)9-15;/h5-10H,2-4,11H2,1H3,(H3,20,21,22);1H. The van der Waals surface area contributed by atoms with Gasteiger partial charge in [-0.3, -0.25) is 0 Å². The van der Waals surface area contributed by atoms with E-state index in [9.17, 15) is 12.8 Å². The molecule has 3 N–H and O–H groups in total. The molecule has 0 aromatic heterocycles. The van der Waals surface area contributed by atoms with Crippen LogP contribution >= 0.6 is 24.0 Å². The second-order valence-corrected chi connectivity index (χ2v) is 8.20. The first-order chi connectivity index (χ1) is 11.8. The van der Waals surface area contributed by atoms with Crippen molar-refractivity contribution in [3.8, 4) is 0 Å². The second kappa shape index (κ2) is 8.34. The molecule has 2 aromatic carbocycles. The van der Waals surface area contributed by atoms with Crippen LogP contribution in [0.1, 0.15) is 23.1 Å². The Morgan fingerprint density at radius 2 is 1.92 bits per heavy atom. The Bertz CT molecular complexity index is 945. The average molecular weight is 489 g/mol. The van der Waals surface area contributed by atoms with Crippen molar-refractivity contribution in [2.45, 2.75) is 30.7 Å². The summed E-state index contributed by atoms with van der Waals surface area (Å²) in [6.07, 6.45) is 4.41. The van der Waals surface area contributed by atoms with Gasteiger partial charge in [0.1, 0.15) is 5.82 Å². The topological polar surface area (TPSA) is 84.5 Å². The fraction of sp³-hybridized carbons (Fsp3) is 0.278. The highest BCUT2D eigenvalue weighted by Gasteiger charge is 2.12. The number of hydrogen-bond acceptors (Lipinski definition) is 3. The van der Waals surface area contributed by atoms with E-state index in [0.717, 1.165) is 37.3 Å². The summed E-state index contributed by atoms with van der Waals surface area (Å²) >= 11 is 0. The fourth-order valence-corrected chi connectivity index (χ4v) is 3.58. The SMILES string of the molecule is CS(=O)(=O)c1ccc(F)c(CN=C(N)Nc2ccc3c(c2)CCC3)c1.I. The lowest BCUT2D eigenvalue weighted by molar-refractivity contribution is 0.597. The number of benzene rings is 2. The Morgan fingerprint density at radius 3 is 2.65 bits per heavy atom. The average Bonchev–Trinajstić information content (AvgIpc) is 3.00. The molecule has 0 aliphatic heterocycles. The molecule has 0 radical (unpaired) electrons. The van der Waals surface area contributed by atoms with E-state index in [1.807, 2.05) is 6.07 Å². The van der Waals surface area contributed by atoms with Gasteiger partial charge in [-0.15, -0.1) is 24.0 Å². The summed E-state index contributed by atoms with van der Waals surface area (Å²) in [5.41, 5.74) is 9.56. The molecule has 1 aliphatic rings. The summed E-state index contributed by atoms with van der Waals surface area (Å²) in [6.45, 7) is -0.0427. The maximum absolute atomic E-state index is 13.9. The number of rotatable bonds is 4. The minimum atomic E-state index is -3.40. The molecule has 140 valence electrons. The highest BCUT2D eigenvalue weighted by molar-refractivity contribution is 14.0. The molecule has 0 amide bonds. The van der Waals surface area contributed by atoms with Crippen LogP contribution in [0.15, 0.2) is 46.3 Å². The van der Waals surface area contributed by atoms with Gasteiger partial charge >= 0.3 is 0 Å². The first kappa shape index (κ1) is 20.6. The molecule has 0 unspecified atom stereocenters. The molecule has 2 aromatic rings. The van der Waals surface area contributed by atoms with Crippen LogP contribution in [-0.4, -0.2) is 20.6 Å². The number of guanidine groups is 1. The Hall–Kier alpha value is -1.68. The summed E-state index contributed by atoms with van der Waals surface area (Å²) in [7, 11) is -3.40. The zero-order valence-electron chi connectivity index (χ0n) is 14.3. The predicted molar refractivity (Wildman–Crippen MR) is 112 cm³/mol. The molecule has 0 fully saturated rings. The Balaban J connectivity index is 0.00000243. The van der Waals surface area contributed by atoms with Crippen LogP contribution in [0.25, 0.3) is 0 Å². The van der Waals surface area contributed by atoms with Gasteiger partial charge in [0.2, 0.25) is 0 Å². The number of fused-ring (bicyclic) bond motifs is 1. The third kappa shape index (κ3) is 4.94. The van der Waals surface area contributed by atoms with Crippen LogP contribution in [-0.2, 0) is 29.2 Å². The van der Waals surface area contributed by atoms with Gasteiger partial charge in [-0.05, 0) is 60.7 Å². The van der Waals surface area contributed by atoms with E-state index in [1.54, 1.807) is 0 Å². The van der Waals surface area contributed by atoms with E-state index < -0.39 is 15.7 Å². The summed E-state index contributed by atoms with van der Waals surface area (Å²) < 4.78 is 37.0. The van der Waals surface area contributed by atoms with Crippen molar-refractivity contribution in [1.82, 2.24) is 0 Å². The molecular weight excluding hydrogens is 468 g/mol. The minimum absolute atomic E-state index is 0. The maximum atomic E-state index is 13.9. The van der Waals surface area contributed by atoms with Crippen molar-refractivity contribution in [2.75, 3.05) is 11.6 Å². The van der Waals surface area contributed by atoms with Crippen LogP contribution in [0, 0.1) is 5.82 Å². The van der Waals surface area contributed by atoms with Crippen molar-refractivity contribution in [1.29, 1.82) is 0 Å². The van der Waals surface area contributed by atoms with Crippen molar-refractivity contribution in [3.63, 3.8) is 0 Å². The van der Waals surface area contributed by atoms with Crippen LogP contribution in [0.5, 0.6) is 0 Å². The van der Waals surface area contributed by atoms with Crippen molar-refractivity contribution >= 4 is 45.5 Å². The number of nitrogens with two attached hydrogens (primary N) is 1. The fourth-order valence-electron chi connectivity index (χ4n) is 2.91. The second-order valence-electron chi connectivity index (χ2n) is 6.19. The molecule has 3 rings (SSSR count). The lowest BCUT2D eigenvalue weighted by atomic mass is 10.1. The Kier molecular flexibility index (Phi) is 6.62. The normalized spacial score (nSPS) is 13.8. The van der Waals surface area contributed by atoms with Crippen LogP contribution in [0.2, 0.25) is 0 Å². The van der Waals surface area contributed by atoms with Gasteiger partial charge in [0.25, 0.3) is 0 Å². The lowest BCUT2D eigenvalue weighted by Crippen LogP contribution is -2.22. The van der Waals surface area contributed by atoms with E-state index in [0.29, 0.717) is 0 Å². The van der Waals surface area contributed by atoms with Crippen molar-refractivity contribution < 1.29 is 12.8 Å². The van der Waals surface area contributed by atoms with Gasteiger partial charge in [-0.2, -0.15) is 0 Å². The maximum Gasteiger partial charge on any atom is 0.193 e. The van der Waals surface area contributed by atoms with Gasteiger partial charge in [0, 0.05) is 17.5 Å². The molecule has 0 saturated heterocycles. The minimum Gasteiger partial charge on any atom is -0.370 e. The largest absolute Gasteiger partial charge is 0.370 e. The summed E-state index contributed by atoms with van der Waals surface area (Å²) in [5, 5.41) is 2.99. The number of halogens is 2. The highest BCUT2D eigenvalue weighted by Crippen LogP contribution is 2.24. The molecule has 8 heteroatoms. The highest BCUT2D eigenvalue weighted by atomic mass is 127. The summed E-state index contributed by atoms with van der Waals surface area (Å²) in [6, 6.07) is 9.73. The van der Waals surface area contributed by atoms with Gasteiger partial charge in [-0.1, -0.05) is 6.07 Å². The number of nitrogens with zero attached hydrogens (tertiary/aromatic N) is 1. The quantitative estimate of drug-likeness (QED) is 0.299. The summed E-state index contributed by atoms with van der Waals surface area (Å²) in [5.74, 6) is -0.358. The number of hydrogen-bond donors (Lipinski definition) is 2. The molecule has 0 spiro atoms. The van der Waals surface area contributed by atoms with Crippen molar-refractivity contribution in [2.24, 2.45) is 10.7 Å². The van der Waals surface area contributed by atoms with E-state index in [-0.39, 0.29) is 46.9 Å². The molecule has 1 aliphatic carbocycles. The molecule has 0 atom stereocenters. The van der Waals surface area contributed by atoms with Gasteiger partial charge in [-0.25, -0.2) is 17.8 Å². The van der Waals surface area contributed by atoms with E-state index in [4.69, 9.17) is 5.73 Å². The number of nitrogens with one attached hydrogen (secondary N) is 1. The van der Waals surface area contributed by atoms with E-state index in [1.165, 1.54) is 23.3 Å². The molecule has 26 heavy (non-hydrogen) atoms. The predicted octanol–water partition coefficient (Wildman–Crippen LogP) is 3.26.